The monoisotopic (exact) mass is 448 g/mol. The Morgan fingerprint density at radius 1 is 0.875 bits per heavy atom. The highest BCUT2D eigenvalue weighted by Gasteiger charge is 2.59. The first-order valence-corrected chi connectivity index (χ1v) is 11.6. The SMILES string of the molecule is CCCCCC1CCC(c2ccc(-c3cc(F)c4c(c3)C=CC(F)(F)C4(F)F)cc2)CC1. The number of unbranched alkanes of at least 4 members (excludes halogenated alkanes) is 2. The van der Waals surface area contributed by atoms with Crippen molar-refractivity contribution < 1.29 is 22.0 Å². The van der Waals surface area contributed by atoms with Gasteiger partial charge >= 0.3 is 11.8 Å². The molecule has 0 spiro atoms. The number of fused-ring (bicyclic) bond motifs is 1. The van der Waals surface area contributed by atoms with Crippen molar-refractivity contribution in [1.82, 2.24) is 0 Å². The molecule has 0 radical (unpaired) electrons. The van der Waals surface area contributed by atoms with Crippen molar-refractivity contribution >= 4 is 6.08 Å². The molecule has 2 aromatic rings. The van der Waals surface area contributed by atoms with E-state index in [-0.39, 0.29) is 11.6 Å². The van der Waals surface area contributed by atoms with Crippen molar-refractivity contribution in [2.24, 2.45) is 5.92 Å². The number of allylic oxidation sites excluding steroid dienone is 1. The van der Waals surface area contributed by atoms with Gasteiger partial charge in [-0.05, 0) is 78.0 Å². The fourth-order valence-corrected chi connectivity index (χ4v) is 5.14. The van der Waals surface area contributed by atoms with Gasteiger partial charge in [0.2, 0.25) is 0 Å². The lowest BCUT2D eigenvalue weighted by Gasteiger charge is -2.30. The lowest BCUT2D eigenvalue weighted by molar-refractivity contribution is -0.189. The van der Waals surface area contributed by atoms with Gasteiger partial charge in [-0.15, -0.1) is 0 Å². The highest BCUT2D eigenvalue weighted by molar-refractivity contribution is 5.71. The first-order chi connectivity index (χ1) is 15.2. The van der Waals surface area contributed by atoms with Crippen LogP contribution in [0.5, 0.6) is 0 Å². The minimum Gasteiger partial charge on any atom is -0.206 e. The molecule has 4 rings (SSSR count). The lowest BCUT2D eigenvalue weighted by Crippen LogP contribution is -2.39. The molecule has 0 nitrogen and oxygen atoms in total. The Hall–Kier alpha value is -2.17. The molecule has 5 heteroatoms. The number of rotatable bonds is 6. The third-order valence-electron chi connectivity index (χ3n) is 7.10. The Kier molecular flexibility index (Phi) is 6.46. The zero-order valence-corrected chi connectivity index (χ0v) is 18.3. The van der Waals surface area contributed by atoms with Gasteiger partial charge in [0.15, 0.2) is 0 Å². The van der Waals surface area contributed by atoms with E-state index in [1.165, 1.54) is 50.2 Å². The van der Waals surface area contributed by atoms with Crippen LogP contribution >= 0.6 is 0 Å². The quantitative estimate of drug-likeness (QED) is 0.305. The van der Waals surface area contributed by atoms with Crippen LogP contribution in [0.3, 0.4) is 0 Å². The van der Waals surface area contributed by atoms with Crippen molar-refractivity contribution in [2.75, 3.05) is 0 Å². The fourth-order valence-electron chi connectivity index (χ4n) is 5.14. The molecule has 0 N–H and O–H groups in total. The molecule has 0 saturated heterocycles. The molecule has 0 aliphatic heterocycles. The van der Waals surface area contributed by atoms with E-state index in [1.807, 2.05) is 24.3 Å². The lowest BCUT2D eigenvalue weighted by atomic mass is 9.77. The van der Waals surface area contributed by atoms with Crippen molar-refractivity contribution in [1.29, 1.82) is 0 Å². The van der Waals surface area contributed by atoms with Crippen LogP contribution in [0.4, 0.5) is 22.0 Å². The number of hydrogen-bond donors (Lipinski definition) is 0. The number of hydrogen-bond acceptors (Lipinski definition) is 0. The molecule has 0 heterocycles. The average Bonchev–Trinajstić information content (AvgIpc) is 2.77. The molecule has 1 saturated carbocycles. The van der Waals surface area contributed by atoms with Gasteiger partial charge in [0.25, 0.3) is 0 Å². The third kappa shape index (κ3) is 4.35. The van der Waals surface area contributed by atoms with Gasteiger partial charge in [0, 0.05) is 0 Å². The van der Waals surface area contributed by atoms with E-state index in [0.29, 0.717) is 17.0 Å². The molecule has 0 aromatic heterocycles. The summed E-state index contributed by atoms with van der Waals surface area (Å²) >= 11 is 0. The average molecular weight is 449 g/mol. The second-order valence-corrected chi connectivity index (χ2v) is 9.29. The summed E-state index contributed by atoms with van der Waals surface area (Å²) in [6.45, 7) is 2.23. The zero-order chi connectivity index (χ0) is 22.9. The predicted octanol–water partition coefficient (Wildman–Crippen LogP) is 9.10. The molecule has 0 amide bonds. The first kappa shape index (κ1) is 23.0. The van der Waals surface area contributed by atoms with Gasteiger partial charge in [0.1, 0.15) is 5.82 Å². The highest BCUT2D eigenvalue weighted by atomic mass is 19.3. The second kappa shape index (κ2) is 8.99. The Bertz CT molecular complexity index is 966. The Morgan fingerprint density at radius 2 is 1.56 bits per heavy atom. The van der Waals surface area contributed by atoms with Gasteiger partial charge in [-0.3, -0.25) is 0 Å². The number of halogens is 5. The van der Waals surface area contributed by atoms with Crippen molar-refractivity contribution in [3.8, 4) is 11.1 Å². The van der Waals surface area contributed by atoms with Crippen LogP contribution in [-0.2, 0) is 5.92 Å². The number of benzene rings is 2. The minimum absolute atomic E-state index is 0.153. The summed E-state index contributed by atoms with van der Waals surface area (Å²) in [5.74, 6) is -8.94. The molecular formula is C27H29F5. The normalized spacial score (nSPS) is 23.7. The summed E-state index contributed by atoms with van der Waals surface area (Å²) in [6.07, 6.45) is 11.1. The Labute approximate surface area is 186 Å². The summed E-state index contributed by atoms with van der Waals surface area (Å²) < 4.78 is 69.9. The van der Waals surface area contributed by atoms with Crippen LogP contribution in [0.1, 0.15) is 80.9 Å². The van der Waals surface area contributed by atoms with Gasteiger partial charge in [0.05, 0.1) is 5.56 Å². The minimum atomic E-state index is -4.57. The van der Waals surface area contributed by atoms with Crippen LogP contribution in [0.2, 0.25) is 0 Å². The fraction of sp³-hybridized carbons (Fsp3) is 0.481. The van der Waals surface area contributed by atoms with Gasteiger partial charge in [-0.25, -0.2) is 4.39 Å². The second-order valence-electron chi connectivity index (χ2n) is 9.29. The molecule has 0 atom stereocenters. The first-order valence-electron chi connectivity index (χ1n) is 11.6. The molecule has 32 heavy (non-hydrogen) atoms. The Balaban J connectivity index is 1.48. The summed E-state index contributed by atoms with van der Waals surface area (Å²) in [5, 5.41) is 0. The van der Waals surface area contributed by atoms with Crippen molar-refractivity contribution in [3.63, 3.8) is 0 Å². The Morgan fingerprint density at radius 3 is 2.22 bits per heavy atom. The molecule has 0 unspecified atom stereocenters. The van der Waals surface area contributed by atoms with E-state index in [4.69, 9.17) is 0 Å². The van der Waals surface area contributed by atoms with Gasteiger partial charge in [-0.2, -0.15) is 17.6 Å². The summed E-state index contributed by atoms with van der Waals surface area (Å²) in [7, 11) is 0. The van der Waals surface area contributed by atoms with Crippen LogP contribution in [-0.4, -0.2) is 5.92 Å². The maximum absolute atomic E-state index is 14.5. The summed E-state index contributed by atoms with van der Waals surface area (Å²) in [5.41, 5.74) is 0.878. The zero-order valence-electron chi connectivity index (χ0n) is 18.3. The predicted molar refractivity (Wildman–Crippen MR) is 119 cm³/mol. The van der Waals surface area contributed by atoms with Crippen LogP contribution in [0.25, 0.3) is 17.2 Å². The smallest absolute Gasteiger partial charge is 0.206 e. The van der Waals surface area contributed by atoms with Crippen molar-refractivity contribution in [3.05, 3.63) is 65.0 Å². The summed E-state index contributed by atoms with van der Waals surface area (Å²) in [6, 6.07) is 10.1. The van der Waals surface area contributed by atoms with E-state index in [9.17, 15) is 22.0 Å². The molecule has 172 valence electrons. The van der Waals surface area contributed by atoms with E-state index in [2.05, 4.69) is 6.92 Å². The van der Waals surface area contributed by atoms with Crippen molar-refractivity contribution in [2.45, 2.75) is 76.1 Å². The molecular weight excluding hydrogens is 419 g/mol. The summed E-state index contributed by atoms with van der Waals surface area (Å²) in [4.78, 5) is 0. The van der Waals surface area contributed by atoms with Crippen LogP contribution < -0.4 is 0 Å². The molecule has 0 bridgehead atoms. The van der Waals surface area contributed by atoms with E-state index >= 15 is 0 Å². The number of alkyl halides is 4. The molecule has 2 aliphatic rings. The van der Waals surface area contributed by atoms with Crippen LogP contribution in [0.15, 0.2) is 42.5 Å². The van der Waals surface area contributed by atoms with Crippen LogP contribution in [0, 0.1) is 11.7 Å². The van der Waals surface area contributed by atoms with Gasteiger partial charge in [-0.1, -0.05) is 62.9 Å². The largest absolute Gasteiger partial charge is 0.342 e. The van der Waals surface area contributed by atoms with E-state index < -0.39 is 23.2 Å². The van der Waals surface area contributed by atoms with E-state index in [0.717, 1.165) is 30.9 Å². The van der Waals surface area contributed by atoms with E-state index in [1.54, 1.807) is 0 Å². The third-order valence-corrected chi connectivity index (χ3v) is 7.10. The van der Waals surface area contributed by atoms with Gasteiger partial charge < -0.3 is 0 Å². The molecule has 2 aromatic carbocycles. The maximum Gasteiger partial charge on any atom is 0.342 e. The topological polar surface area (TPSA) is 0 Å². The maximum atomic E-state index is 14.5. The highest BCUT2D eigenvalue weighted by Crippen LogP contribution is 2.50. The molecule has 1 fully saturated rings. The molecule has 2 aliphatic carbocycles. The standard InChI is InChI=1S/C27H29F5/c1-2-3-4-5-18-6-8-19(9-7-18)20-10-12-21(13-11-20)23-16-22-14-15-26(29,30)27(31,32)25(22)24(28)17-23/h10-19H,2-9H2,1H3.